The first-order chi connectivity index (χ1) is 11.9. The van der Waals surface area contributed by atoms with E-state index in [0.717, 1.165) is 30.0 Å². The average Bonchev–Trinajstić information content (AvgIpc) is 2.49. The van der Waals surface area contributed by atoms with Gasteiger partial charge in [-0.25, -0.2) is 0 Å². The van der Waals surface area contributed by atoms with E-state index in [1.807, 2.05) is 12.1 Å². The van der Waals surface area contributed by atoms with Crippen molar-refractivity contribution < 1.29 is 4.79 Å². The van der Waals surface area contributed by atoms with Crippen molar-refractivity contribution in [1.82, 2.24) is 4.90 Å². The lowest BCUT2D eigenvalue weighted by atomic mass is 9.49. The van der Waals surface area contributed by atoms with Gasteiger partial charge in [-0.2, -0.15) is 0 Å². The standard InChI is InChI=1S/C22H32N2O/c1-15-5-4-6-20(16(15)2)23-21(25)13-24(3)14-22-10-17-7-18(11-22)9-19(8-17)12-22/h4-6,17-19H,7-14H2,1-3H3,(H,23,25). The second-order valence-electron chi connectivity index (χ2n) is 9.39. The molecular weight excluding hydrogens is 308 g/mol. The minimum atomic E-state index is 0.112. The summed E-state index contributed by atoms with van der Waals surface area (Å²) in [5, 5.41) is 3.11. The van der Waals surface area contributed by atoms with Crippen molar-refractivity contribution in [2.24, 2.45) is 23.2 Å². The van der Waals surface area contributed by atoms with Gasteiger partial charge in [-0.1, -0.05) is 12.1 Å². The first kappa shape index (κ1) is 17.1. The van der Waals surface area contributed by atoms with Gasteiger partial charge in [-0.05, 0) is 99.8 Å². The van der Waals surface area contributed by atoms with E-state index in [1.54, 1.807) is 0 Å². The van der Waals surface area contributed by atoms with Crippen LogP contribution < -0.4 is 5.32 Å². The largest absolute Gasteiger partial charge is 0.325 e. The summed E-state index contributed by atoms with van der Waals surface area (Å²) in [5.74, 6) is 3.04. The highest BCUT2D eigenvalue weighted by atomic mass is 16.2. The zero-order valence-corrected chi connectivity index (χ0v) is 16.0. The lowest BCUT2D eigenvalue weighted by Gasteiger charge is -2.57. The topological polar surface area (TPSA) is 32.3 Å². The molecule has 0 unspecified atom stereocenters. The number of nitrogens with zero attached hydrogens (tertiary/aromatic N) is 1. The minimum absolute atomic E-state index is 0.112. The molecule has 0 radical (unpaired) electrons. The van der Waals surface area contributed by atoms with Gasteiger partial charge in [-0.3, -0.25) is 9.69 Å². The van der Waals surface area contributed by atoms with Gasteiger partial charge < -0.3 is 5.32 Å². The number of anilines is 1. The van der Waals surface area contributed by atoms with Crippen molar-refractivity contribution in [3.8, 4) is 0 Å². The molecule has 5 rings (SSSR count). The number of nitrogens with one attached hydrogen (secondary N) is 1. The molecule has 136 valence electrons. The average molecular weight is 341 g/mol. The number of carbonyl (C=O) groups is 1. The van der Waals surface area contributed by atoms with Crippen LogP contribution in [0.2, 0.25) is 0 Å². The third kappa shape index (κ3) is 3.48. The molecule has 1 aromatic carbocycles. The van der Waals surface area contributed by atoms with E-state index < -0.39 is 0 Å². The molecule has 0 aliphatic heterocycles. The SMILES string of the molecule is Cc1cccc(NC(=O)CN(C)CC23CC4CC(CC(C4)C2)C3)c1C. The summed E-state index contributed by atoms with van der Waals surface area (Å²) >= 11 is 0. The zero-order valence-electron chi connectivity index (χ0n) is 16.0. The molecule has 0 spiro atoms. The second-order valence-corrected chi connectivity index (χ2v) is 9.39. The Balaban J connectivity index is 1.35. The predicted molar refractivity (Wildman–Crippen MR) is 103 cm³/mol. The van der Waals surface area contributed by atoms with Gasteiger partial charge in [0.2, 0.25) is 5.91 Å². The van der Waals surface area contributed by atoms with Crippen molar-refractivity contribution in [3.63, 3.8) is 0 Å². The van der Waals surface area contributed by atoms with Gasteiger partial charge in [0.15, 0.2) is 0 Å². The monoisotopic (exact) mass is 340 g/mol. The van der Waals surface area contributed by atoms with Crippen LogP contribution in [0.25, 0.3) is 0 Å². The Morgan fingerprint density at radius 2 is 1.72 bits per heavy atom. The van der Waals surface area contributed by atoms with Gasteiger partial charge in [0.05, 0.1) is 6.54 Å². The summed E-state index contributed by atoms with van der Waals surface area (Å²) in [5.41, 5.74) is 3.84. The van der Waals surface area contributed by atoms with Crippen LogP contribution in [0.3, 0.4) is 0 Å². The van der Waals surface area contributed by atoms with Crippen LogP contribution in [-0.2, 0) is 4.79 Å². The lowest BCUT2D eigenvalue weighted by molar-refractivity contribution is -0.118. The molecule has 0 aromatic heterocycles. The maximum atomic E-state index is 12.5. The third-order valence-electron chi connectivity index (χ3n) is 7.06. The zero-order chi connectivity index (χ0) is 17.6. The number of benzene rings is 1. The molecule has 4 saturated carbocycles. The first-order valence-corrected chi connectivity index (χ1v) is 9.97. The van der Waals surface area contributed by atoms with Gasteiger partial charge in [0.1, 0.15) is 0 Å². The molecule has 1 aromatic rings. The van der Waals surface area contributed by atoms with E-state index >= 15 is 0 Å². The number of aryl methyl sites for hydroxylation is 1. The Kier molecular flexibility index (Phi) is 4.39. The van der Waals surface area contributed by atoms with Crippen molar-refractivity contribution >= 4 is 11.6 Å². The highest BCUT2D eigenvalue weighted by Crippen LogP contribution is 2.60. The molecule has 25 heavy (non-hydrogen) atoms. The van der Waals surface area contributed by atoms with E-state index in [0.29, 0.717) is 12.0 Å². The van der Waals surface area contributed by atoms with E-state index in [1.165, 1.54) is 49.7 Å². The van der Waals surface area contributed by atoms with Gasteiger partial charge in [0.25, 0.3) is 0 Å². The van der Waals surface area contributed by atoms with Crippen LogP contribution >= 0.6 is 0 Å². The van der Waals surface area contributed by atoms with E-state index in [9.17, 15) is 4.79 Å². The quantitative estimate of drug-likeness (QED) is 0.862. The van der Waals surface area contributed by atoms with Crippen molar-refractivity contribution in [1.29, 1.82) is 0 Å². The summed E-state index contributed by atoms with van der Waals surface area (Å²) in [6.45, 7) is 5.75. The molecule has 4 bridgehead atoms. The number of rotatable bonds is 5. The molecule has 3 nitrogen and oxygen atoms in total. The maximum Gasteiger partial charge on any atom is 0.238 e. The van der Waals surface area contributed by atoms with E-state index in [4.69, 9.17) is 0 Å². The van der Waals surface area contributed by atoms with Crippen LogP contribution in [0.4, 0.5) is 5.69 Å². The van der Waals surface area contributed by atoms with Crippen LogP contribution in [0.15, 0.2) is 18.2 Å². The van der Waals surface area contributed by atoms with E-state index in [-0.39, 0.29) is 5.91 Å². The van der Waals surface area contributed by atoms with Gasteiger partial charge in [0, 0.05) is 12.2 Å². The summed E-state index contributed by atoms with van der Waals surface area (Å²) in [6.07, 6.45) is 8.66. The van der Waals surface area contributed by atoms with Crippen molar-refractivity contribution in [3.05, 3.63) is 29.3 Å². The van der Waals surface area contributed by atoms with Gasteiger partial charge >= 0.3 is 0 Å². The fourth-order valence-corrected chi connectivity index (χ4v) is 6.43. The van der Waals surface area contributed by atoms with Crippen LogP contribution in [-0.4, -0.2) is 30.9 Å². The Morgan fingerprint density at radius 1 is 1.12 bits per heavy atom. The molecule has 0 atom stereocenters. The highest BCUT2D eigenvalue weighted by Gasteiger charge is 2.51. The molecule has 1 N–H and O–H groups in total. The first-order valence-electron chi connectivity index (χ1n) is 9.97. The van der Waals surface area contributed by atoms with Crippen LogP contribution in [0.1, 0.15) is 49.7 Å². The molecule has 1 amide bonds. The fraction of sp³-hybridized carbons (Fsp3) is 0.682. The normalized spacial score (nSPS) is 33.0. The number of carbonyl (C=O) groups excluding carboxylic acids is 1. The minimum Gasteiger partial charge on any atom is -0.325 e. The second kappa shape index (κ2) is 6.42. The molecule has 0 saturated heterocycles. The predicted octanol–water partition coefficient (Wildman–Crippen LogP) is 4.39. The summed E-state index contributed by atoms with van der Waals surface area (Å²) in [4.78, 5) is 14.8. The number of amides is 1. The number of hydrogen-bond donors (Lipinski definition) is 1. The Hall–Kier alpha value is -1.35. The number of hydrogen-bond acceptors (Lipinski definition) is 2. The molecule has 4 fully saturated rings. The molecule has 4 aliphatic rings. The molecular formula is C22H32N2O. The third-order valence-corrected chi connectivity index (χ3v) is 7.06. The van der Waals surface area contributed by atoms with Crippen LogP contribution in [0.5, 0.6) is 0 Å². The molecule has 3 heteroatoms. The maximum absolute atomic E-state index is 12.5. The highest BCUT2D eigenvalue weighted by molar-refractivity contribution is 5.93. The molecule has 4 aliphatic carbocycles. The number of likely N-dealkylation sites (N-methyl/N-ethyl adjacent to an activating group) is 1. The van der Waals surface area contributed by atoms with Crippen LogP contribution in [0, 0.1) is 37.0 Å². The molecule has 0 heterocycles. The van der Waals surface area contributed by atoms with E-state index in [2.05, 4.69) is 37.2 Å². The van der Waals surface area contributed by atoms with Crippen molar-refractivity contribution in [2.45, 2.75) is 52.4 Å². The Bertz CT molecular complexity index is 631. The smallest absolute Gasteiger partial charge is 0.238 e. The lowest BCUT2D eigenvalue weighted by Crippen LogP contribution is -2.51. The summed E-state index contributed by atoms with van der Waals surface area (Å²) in [6, 6.07) is 6.10. The summed E-state index contributed by atoms with van der Waals surface area (Å²) in [7, 11) is 2.13. The Morgan fingerprint density at radius 3 is 2.32 bits per heavy atom. The van der Waals surface area contributed by atoms with Gasteiger partial charge in [-0.15, -0.1) is 0 Å². The fourth-order valence-electron chi connectivity index (χ4n) is 6.43. The van der Waals surface area contributed by atoms with Crippen molar-refractivity contribution in [2.75, 3.05) is 25.5 Å². The summed E-state index contributed by atoms with van der Waals surface area (Å²) < 4.78 is 0. The Labute approximate surface area is 152 Å².